The van der Waals surface area contributed by atoms with Crippen LogP contribution in [0.2, 0.25) is 0 Å². The van der Waals surface area contributed by atoms with Gasteiger partial charge in [-0.05, 0) is 36.8 Å². The molecule has 0 radical (unpaired) electrons. The molecule has 31 heavy (non-hydrogen) atoms. The molecule has 0 spiro atoms. The van der Waals surface area contributed by atoms with E-state index in [0.717, 1.165) is 17.8 Å². The Morgan fingerprint density at radius 1 is 0.935 bits per heavy atom. The summed E-state index contributed by atoms with van der Waals surface area (Å²) in [5, 5.41) is 8.04. The lowest BCUT2D eigenvalue weighted by atomic mass is 10.1. The van der Waals surface area contributed by atoms with E-state index in [1.165, 1.54) is 19.3 Å². The van der Waals surface area contributed by atoms with Gasteiger partial charge in [0.25, 0.3) is 11.8 Å². The lowest BCUT2D eigenvalue weighted by Gasteiger charge is -2.15. The van der Waals surface area contributed by atoms with Gasteiger partial charge >= 0.3 is 6.18 Å². The van der Waals surface area contributed by atoms with E-state index in [1.807, 2.05) is 25.1 Å². The molecule has 2 aromatic heterocycles. The quantitative estimate of drug-likeness (QED) is 0.566. The molecule has 0 bridgehead atoms. The van der Waals surface area contributed by atoms with Gasteiger partial charge in [-0.25, -0.2) is 4.98 Å². The minimum atomic E-state index is -4.69. The number of nitrogens with one attached hydrogen (secondary N) is 3. The Hall–Kier alpha value is -3.95. The minimum Gasteiger partial charge on any atom is -0.355 e. The number of halogens is 3. The van der Waals surface area contributed by atoms with Crippen molar-refractivity contribution < 1.29 is 22.8 Å². The summed E-state index contributed by atoms with van der Waals surface area (Å²) < 4.78 is 38.8. The van der Waals surface area contributed by atoms with E-state index < -0.39 is 23.7 Å². The Kier molecular flexibility index (Phi) is 6.19. The van der Waals surface area contributed by atoms with Crippen LogP contribution in [-0.4, -0.2) is 28.8 Å². The number of hydrogen-bond acceptors (Lipinski definition) is 5. The van der Waals surface area contributed by atoms with Gasteiger partial charge in [0.05, 0.1) is 11.3 Å². The highest BCUT2D eigenvalue weighted by Gasteiger charge is 2.33. The number of para-hydroxylation sites is 1. The molecule has 2 amide bonds. The van der Waals surface area contributed by atoms with Gasteiger partial charge in [0.2, 0.25) is 0 Å². The van der Waals surface area contributed by atoms with Gasteiger partial charge in [-0.15, -0.1) is 0 Å². The van der Waals surface area contributed by atoms with E-state index in [0.29, 0.717) is 11.8 Å². The number of anilines is 3. The van der Waals surface area contributed by atoms with E-state index in [2.05, 4.69) is 25.9 Å². The van der Waals surface area contributed by atoms with Crippen molar-refractivity contribution >= 4 is 29.0 Å². The highest BCUT2D eigenvalue weighted by Crippen LogP contribution is 2.29. The molecule has 0 aliphatic rings. The lowest BCUT2D eigenvalue weighted by molar-refractivity contribution is -0.141. The van der Waals surface area contributed by atoms with Gasteiger partial charge in [0.1, 0.15) is 5.69 Å². The molecule has 0 saturated heterocycles. The van der Waals surface area contributed by atoms with Crippen molar-refractivity contribution in [1.29, 1.82) is 0 Å². The van der Waals surface area contributed by atoms with Crippen molar-refractivity contribution in [3.63, 3.8) is 0 Å². The molecule has 3 N–H and O–H groups in total. The normalized spacial score (nSPS) is 11.0. The molecule has 0 fully saturated rings. The van der Waals surface area contributed by atoms with E-state index in [4.69, 9.17) is 0 Å². The first-order valence-electron chi connectivity index (χ1n) is 9.08. The van der Waals surface area contributed by atoms with Crippen molar-refractivity contribution in [2.45, 2.75) is 13.1 Å². The topological polar surface area (TPSA) is 96.0 Å². The number of pyridine rings is 2. The van der Waals surface area contributed by atoms with Gasteiger partial charge in [-0.3, -0.25) is 14.6 Å². The molecule has 0 aliphatic heterocycles. The fraction of sp³-hybridized carbons (Fsp3) is 0.143. The predicted octanol–water partition coefficient (Wildman–Crippen LogP) is 4.16. The van der Waals surface area contributed by atoms with Crippen LogP contribution in [0.3, 0.4) is 0 Å². The summed E-state index contributed by atoms with van der Waals surface area (Å²) in [6.07, 6.45) is -2.46. The van der Waals surface area contributed by atoms with E-state index >= 15 is 0 Å². The van der Waals surface area contributed by atoms with Crippen LogP contribution in [0.5, 0.6) is 0 Å². The SMILES string of the molecule is CNC(=O)c1cnc(Nc2ccccc2C)c(NC(=O)c2ccnc(C(F)(F)F)c2)c1. The summed E-state index contributed by atoms with van der Waals surface area (Å²) in [5.41, 5.74) is 0.478. The first-order chi connectivity index (χ1) is 14.7. The fourth-order valence-corrected chi connectivity index (χ4v) is 2.69. The number of amides is 2. The summed E-state index contributed by atoms with van der Waals surface area (Å²) in [7, 11) is 1.44. The number of carbonyl (C=O) groups is 2. The minimum absolute atomic E-state index is 0.125. The zero-order chi connectivity index (χ0) is 22.6. The highest BCUT2D eigenvalue weighted by molar-refractivity contribution is 6.06. The van der Waals surface area contributed by atoms with Crippen LogP contribution in [0.1, 0.15) is 32.0 Å². The molecule has 0 aliphatic carbocycles. The van der Waals surface area contributed by atoms with Gasteiger partial charge < -0.3 is 16.0 Å². The number of alkyl halides is 3. The van der Waals surface area contributed by atoms with Crippen molar-refractivity contribution in [2.24, 2.45) is 0 Å². The van der Waals surface area contributed by atoms with E-state index in [9.17, 15) is 22.8 Å². The summed E-state index contributed by atoms with van der Waals surface area (Å²) in [4.78, 5) is 32.1. The molecule has 160 valence electrons. The Bertz CT molecular complexity index is 1130. The predicted molar refractivity (Wildman–Crippen MR) is 109 cm³/mol. The number of rotatable bonds is 5. The maximum absolute atomic E-state index is 12.9. The number of benzene rings is 1. The third-order valence-electron chi connectivity index (χ3n) is 4.34. The summed E-state index contributed by atoms with van der Waals surface area (Å²) in [6.45, 7) is 1.87. The molecule has 3 aromatic rings. The molecule has 7 nitrogen and oxygen atoms in total. The maximum Gasteiger partial charge on any atom is 0.433 e. The molecule has 0 atom stereocenters. The Morgan fingerprint density at radius 2 is 1.68 bits per heavy atom. The number of aromatic nitrogens is 2. The number of nitrogens with zero attached hydrogens (tertiary/aromatic N) is 2. The molecular weight excluding hydrogens is 411 g/mol. The van der Waals surface area contributed by atoms with Crippen molar-refractivity contribution in [3.8, 4) is 0 Å². The summed E-state index contributed by atoms with van der Waals surface area (Å²) >= 11 is 0. The Balaban J connectivity index is 1.96. The summed E-state index contributed by atoms with van der Waals surface area (Å²) in [6, 6.07) is 10.5. The van der Waals surface area contributed by atoms with Crippen molar-refractivity contribution in [3.05, 3.63) is 77.2 Å². The monoisotopic (exact) mass is 429 g/mol. The molecule has 10 heteroatoms. The molecule has 2 heterocycles. The standard InChI is InChI=1S/C21H18F3N5O2/c1-12-5-3-4-6-15(12)28-18-16(9-14(11-27-18)19(30)25-2)29-20(31)13-7-8-26-17(10-13)21(22,23)24/h3-11H,1-2H3,(H,25,30)(H,27,28)(H,29,31). The van der Waals surface area contributed by atoms with Gasteiger partial charge in [-0.1, -0.05) is 18.2 Å². The van der Waals surface area contributed by atoms with Crippen molar-refractivity contribution in [1.82, 2.24) is 15.3 Å². The second-order valence-corrected chi connectivity index (χ2v) is 6.52. The second-order valence-electron chi connectivity index (χ2n) is 6.52. The van der Waals surface area contributed by atoms with Crippen LogP contribution in [-0.2, 0) is 6.18 Å². The van der Waals surface area contributed by atoms with Crippen molar-refractivity contribution in [2.75, 3.05) is 17.7 Å². The van der Waals surface area contributed by atoms with Gasteiger partial charge in [0.15, 0.2) is 5.82 Å². The molecule has 1 aromatic carbocycles. The molecule has 0 unspecified atom stereocenters. The van der Waals surface area contributed by atoms with Crippen LogP contribution < -0.4 is 16.0 Å². The Morgan fingerprint density at radius 3 is 2.35 bits per heavy atom. The Labute approximate surface area is 175 Å². The van der Waals surface area contributed by atoms with Crippen LogP contribution >= 0.6 is 0 Å². The number of carbonyl (C=O) groups excluding carboxylic acids is 2. The van der Waals surface area contributed by atoms with E-state index in [1.54, 1.807) is 6.07 Å². The summed E-state index contributed by atoms with van der Waals surface area (Å²) in [5.74, 6) is -1.02. The third kappa shape index (κ3) is 5.16. The molecular formula is C21H18F3N5O2. The highest BCUT2D eigenvalue weighted by atomic mass is 19.4. The van der Waals surface area contributed by atoms with Crippen LogP contribution in [0.25, 0.3) is 0 Å². The van der Waals surface area contributed by atoms with E-state index in [-0.39, 0.29) is 22.6 Å². The van der Waals surface area contributed by atoms with Crippen LogP contribution in [0, 0.1) is 6.92 Å². The maximum atomic E-state index is 12.9. The zero-order valence-corrected chi connectivity index (χ0v) is 16.5. The van der Waals surface area contributed by atoms with Crippen LogP contribution in [0.4, 0.5) is 30.4 Å². The average molecular weight is 429 g/mol. The first kappa shape index (κ1) is 21.8. The third-order valence-corrected chi connectivity index (χ3v) is 4.34. The number of hydrogen-bond donors (Lipinski definition) is 3. The fourth-order valence-electron chi connectivity index (χ4n) is 2.69. The van der Waals surface area contributed by atoms with Gasteiger partial charge in [-0.2, -0.15) is 13.2 Å². The molecule has 0 saturated carbocycles. The number of aryl methyl sites for hydroxylation is 1. The van der Waals surface area contributed by atoms with Gasteiger partial charge in [0, 0.05) is 30.7 Å². The lowest BCUT2D eigenvalue weighted by Crippen LogP contribution is -2.20. The average Bonchev–Trinajstić information content (AvgIpc) is 2.75. The van der Waals surface area contributed by atoms with Crippen LogP contribution in [0.15, 0.2) is 54.9 Å². The second kappa shape index (κ2) is 8.82. The largest absolute Gasteiger partial charge is 0.433 e. The smallest absolute Gasteiger partial charge is 0.355 e. The molecule has 3 rings (SSSR count). The first-order valence-corrected chi connectivity index (χ1v) is 9.08. The zero-order valence-electron chi connectivity index (χ0n) is 16.5.